The maximum Gasteiger partial charge on any atom is 0.177 e. The standard InChI is InChI=1S/C15H14ClN5/c16-12-3-1-10(2-4-12)13-5-6-14-18-19-15(21(14)20-13)11-7-8-17-9-11/h1-6,11,17H,7-9H2. The molecule has 1 fully saturated rings. The first kappa shape index (κ1) is 12.7. The molecule has 0 spiro atoms. The molecule has 4 rings (SSSR count). The summed E-state index contributed by atoms with van der Waals surface area (Å²) in [7, 11) is 0. The Bertz CT molecular complexity index is 774. The van der Waals surface area contributed by atoms with E-state index in [1.807, 2.05) is 40.9 Å². The Hall–Kier alpha value is -1.98. The molecule has 0 radical (unpaired) electrons. The summed E-state index contributed by atoms with van der Waals surface area (Å²) in [5, 5.41) is 17.3. The van der Waals surface area contributed by atoms with Gasteiger partial charge in [-0.25, -0.2) is 0 Å². The van der Waals surface area contributed by atoms with Crippen LogP contribution in [0.1, 0.15) is 18.2 Å². The van der Waals surface area contributed by atoms with Gasteiger partial charge in [-0.1, -0.05) is 23.7 Å². The molecule has 1 aliphatic heterocycles. The van der Waals surface area contributed by atoms with Crippen LogP contribution in [0.2, 0.25) is 5.02 Å². The summed E-state index contributed by atoms with van der Waals surface area (Å²) in [4.78, 5) is 0. The lowest BCUT2D eigenvalue weighted by molar-refractivity contribution is 0.668. The van der Waals surface area contributed by atoms with Crippen LogP contribution in [-0.4, -0.2) is 32.9 Å². The molecule has 0 bridgehead atoms. The Balaban J connectivity index is 1.80. The fraction of sp³-hybridized carbons (Fsp3) is 0.267. The van der Waals surface area contributed by atoms with E-state index in [1.165, 1.54) is 0 Å². The van der Waals surface area contributed by atoms with Crippen molar-refractivity contribution in [2.75, 3.05) is 13.1 Å². The molecule has 3 heterocycles. The molecule has 6 heteroatoms. The molecule has 1 atom stereocenters. The smallest absolute Gasteiger partial charge is 0.177 e. The zero-order valence-corrected chi connectivity index (χ0v) is 12.1. The van der Waals surface area contributed by atoms with Crippen molar-refractivity contribution in [1.82, 2.24) is 25.1 Å². The van der Waals surface area contributed by atoms with Gasteiger partial charge < -0.3 is 5.32 Å². The van der Waals surface area contributed by atoms with Crippen LogP contribution >= 0.6 is 11.6 Å². The lowest BCUT2D eigenvalue weighted by Crippen LogP contribution is -2.11. The largest absolute Gasteiger partial charge is 0.316 e. The third-order valence-electron chi connectivity index (χ3n) is 3.85. The summed E-state index contributed by atoms with van der Waals surface area (Å²) in [6.07, 6.45) is 1.08. The maximum atomic E-state index is 5.94. The number of nitrogens with one attached hydrogen (secondary N) is 1. The van der Waals surface area contributed by atoms with E-state index < -0.39 is 0 Å². The van der Waals surface area contributed by atoms with Gasteiger partial charge in [-0.15, -0.1) is 10.2 Å². The van der Waals surface area contributed by atoms with Crippen LogP contribution in [0.15, 0.2) is 36.4 Å². The molecule has 106 valence electrons. The van der Waals surface area contributed by atoms with Crippen LogP contribution in [0.3, 0.4) is 0 Å². The van der Waals surface area contributed by atoms with E-state index in [0.29, 0.717) is 5.92 Å². The van der Waals surface area contributed by atoms with Crippen LogP contribution < -0.4 is 5.32 Å². The molecule has 1 aliphatic rings. The Morgan fingerprint density at radius 2 is 1.95 bits per heavy atom. The lowest BCUT2D eigenvalue weighted by Gasteiger charge is -2.06. The van der Waals surface area contributed by atoms with Crippen molar-refractivity contribution in [2.45, 2.75) is 12.3 Å². The lowest BCUT2D eigenvalue weighted by atomic mass is 10.1. The first-order valence-corrected chi connectivity index (χ1v) is 7.38. The minimum absolute atomic E-state index is 0.382. The molecule has 1 aromatic carbocycles. The van der Waals surface area contributed by atoms with Gasteiger partial charge in [0.2, 0.25) is 0 Å². The van der Waals surface area contributed by atoms with Gasteiger partial charge in [0.25, 0.3) is 0 Å². The predicted molar refractivity (Wildman–Crippen MR) is 81.5 cm³/mol. The van der Waals surface area contributed by atoms with E-state index in [9.17, 15) is 0 Å². The molecule has 3 aromatic rings. The second kappa shape index (κ2) is 5.09. The first-order valence-electron chi connectivity index (χ1n) is 7.00. The van der Waals surface area contributed by atoms with Crippen LogP contribution in [0, 0.1) is 0 Å². The van der Waals surface area contributed by atoms with Crippen molar-refractivity contribution in [2.24, 2.45) is 0 Å². The van der Waals surface area contributed by atoms with Gasteiger partial charge in [-0.05, 0) is 37.2 Å². The van der Waals surface area contributed by atoms with Crippen LogP contribution in [0.4, 0.5) is 0 Å². The fourth-order valence-corrected chi connectivity index (χ4v) is 2.84. The highest BCUT2D eigenvalue weighted by Crippen LogP contribution is 2.23. The van der Waals surface area contributed by atoms with Crippen LogP contribution in [0.5, 0.6) is 0 Å². The number of aromatic nitrogens is 4. The zero-order chi connectivity index (χ0) is 14.2. The molecule has 0 saturated carbocycles. The number of fused-ring (bicyclic) bond motifs is 1. The van der Waals surface area contributed by atoms with Crippen LogP contribution in [0.25, 0.3) is 16.9 Å². The normalized spacial score (nSPS) is 18.4. The van der Waals surface area contributed by atoms with Crippen molar-refractivity contribution in [3.05, 3.63) is 47.2 Å². The third-order valence-corrected chi connectivity index (χ3v) is 4.10. The molecule has 1 saturated heterocycles. The molecule has 2 aromatic heterocycles. The van der Waals surface area contributed by atoms with Gasteiger partial charge in [0.1, 0.15) is 0 Å². The highest BCUT2D eigenvalue weighted by Gasteiger charge is 2.22. The second-order valence-corrected chi connectivity index (χ2v) is 5.68. The second-order valence-electron chi connectivity index (χ2n) is 5.24. The van der Waals surface area contributed by atoms with Gasteiger partial charge in [-0.3, -0.25) is 0 Å². The van der Waals surface area contributed by atoms with Gasteiger partial charge in [0.15, 0.2) is 11.5 Å². The van der Waals surface area contributed by atoms with E-state index in [2.05, 4.69) is 15.5 Å². The monoisotopic (exact) mass is 299 g/mol. The number of hydrogen-bond donors (Lipinski definition) is 1. The average Bonchev–Trinajstić information content (AvgIpc) is 3.16. The SMILES string of the molecule is Clc1ccc(-c2ccc3nnc(C4CCNC4)n3n2)cc1. The molecule has 1 unspecified atom stereocenters. The van der Waals surface area contributed by atoms with Crippen molar-refractivity contribution >= 4 is 17.2 Å². The van der Waals surface area contributed by atoms with Gasteiger partial charge in [-0.2, -0.15) is 9.61 Å². The van der Waals surface area contributed by atoms with Gasteiger partial charge in [0, 0.05) is 23.0 Å². The van der Waals surface area contributed by atoms with Crippen molar-refractivity contribution in [3.63, 3.8) is 0 Å². The number of rotatable bonds is 2. The number of hydrogen-bond acceptors (Lipinski definition) is 4. The fourth-order valence-electron chi connectivity index (χ4n) is 2.71. The molecule has 5 nitrogen and oxygen atoms in total. The van der Waals surface area contributed by atoms with E-state index in [1.54, 1.807) is 0 Å². The van der Waals surface area contributed by atoms with E-state index >= 15 is 0 Å². The number of nitrogens with zero attached hydrogens (tertiary/aromatic N) is 4. The Morgan fingerprint density at radius 3 is 2.71 bits per heavy atom. The molecule has 0 amide bonds. The first-order chi connectivity index (χ1) is 10.3. The number of benzene rings is 1. The highest BCUT2D eigenvalue weighted by molar-refractivity contribution is 6.30. The zero-order valence-electron chi connectivity index (χ0n) is 11.3. The molecular weight excluding hydrogens is 286 g/mol. The Kier molecular flexibility index (Phi) is 3.09. The van der Waals surface area contributed by atoms with Crippen molar-refractivity contribution in [3.8, 4) is 11.3 Å². The summed E-state index contributed by atoms with van der Waals surface area (Å²) in [5.74, 6) is 1.32. The van der Waals surface area contributed by atoms with E-state index in [-0.39, 0.29) is 0 Å². The molecule has 21 heavy (non-hydrogen) atoms. The summed E-state index contributed by atoms with van der Waals surface area (Å²) in [6.45, 7) is 1.96. The Morgan fingerprint density at radius 1 is 1.10 bits per heavy atom. The molecule has 0 aliphatic carbocycles. The summed E-state index contributed by atoms with van der Waals surface area (Å²) in [5.41, 5.74) is 2.71. The van der Waals surface area contributed by atoms with Crippen molar-refractivity contribution < 1.29 is 0 Å². The topological polar surface area (TPSA) is 55.1 Å². The average molecular weight is 300 g/mol. The summed E-state index contributed by atoms with van der Waals surface area (Å²) >= 11 is 5.94. The Labute approximate surface area is 127 Å². The third kappa shape index (κ3) is 2.28. The maximum absolute atomic E-state index is 5.94. The quantitative estimate of drug-likeness (QED) is 0.790. The van der Waals surface area contributed by atoms with Crippen LogP contribution in [-0.2, 0) is 0 Å². The van der Waals surface area contributed by atoms with Gasteiger partial charge in [0.05, 0.1) is 5.69 Å². The summed E-state index contributed by atoms with van der Waals surface area (Å²) < 4.78 is 1.86. The number of halogens is 1. The van der Waals surface area contributed by atoms with E-state index in [4.69, 9.17) is 16.7 Å². The van der Waals surface area contributed by atoms with E-state index in [0.717, 1.165) is 47.3 Å². The molecule has 1 N–H and O–H groups in total. The van der Waals surface area contributed by atoms with Gasteiger partial charge >= 0.3 is 0 Å². The minimum Gasteiger partial charge on any atom is -0.316 e. The molecular formula is C15H14ClN5. The summed E-state index contributed by atoms with van der Waals surface area (Å²) in [6, 6.07) is 11.6. The minimum atomic E-state index is 0.382. The van der Waals surface area contributed by atoms with Crippen molar-refractivity contribution in [1.29, 1.82) is 0 Å². The predicted octanol–water partition coefficient (Wildman–Crippen LogP) is 2.52. The highest BCUT2D eigenvalue weighted by atomic mass is 35.5.